The Morgan fingerprint density at radius 1 is 1.10 bits per heavy atom. The first-order valence-electron chi connectivity index (χ1n) is 15.3. The van der Waals surface area contributed by atoms with Gasteiger partial charge in [0.15, 0.2) is 13.6 Å². The van der Waals surface area contributed by atoms with E-state index in [2.05, 4.69) is 62.7 Å². The molecule has 2 aromatic rings. The number of aromatic nitrogens is 2. The molecule has 1 aromatic heterocycles. The van der Waals surface area contributed by atoms with E-state index in [1.165, 1.54) is 28.0 Å². The predicted molar refractivity (Wildman–Crippen MR) is 154 cm³/mol. The third kappa shape index (κ3) is 3.16. The van der Waals surface area contributed by atoms with Crippen molar-refractivity contribution in [3.8, 4) is 0 Å². The van der Waals surface area contributed by atoms with Crippen LogP contribution >= 0.6 is 11.6 Å². The minimum atomic E-state index is -0.933. The molecule has 2 saturated heterocycles. The van der Waals surface area contributed by atoms with E-state index in [1.54, 1.807) is 0 Å². The van der Waals surface area contributed by atoms with Gasteiger partial charge >= 0.3 is 0 Å². The van der Waals surface area contributed by atoms with Crippen LogP contribution in [0.4, 0.5) is 0 Å². The van der Waals surface area contributed by atoms with Crippen LogP contribution < -0.4 is 0 Å². The molecule has 3 saturated carbocycles. The van der Waals surface area contributed by atoms with Crippen LogP contribution in [0.3, 0.4) is 0 Å². The van der Waals surface area contributed by atoms with E-state index in [1.807, 2.05) is 6.20 Å². The second-order valence-electron chi connectivity index (χ2n) is 14.2. The number of aliphatic hydroxyl groups is 1. The van der Waals surface area contributed by atoms with Gasteiger partial charge < -0.3 is 24.1 Å². The third-order valence-electron chi connectivity index (χ3n) is 12.5. The number of ether oxygens (including phenoxy) is 4. The van der Waals surface area contributed by atoms with Gasteiger partial charge in [-0.1, -0.05) is 56.2 Å². The Balaban J connectivity index is 1.16. The summed E-state index contributed by atoms with van der Waals surface area (Å²) in [6.45, 7) is 10.4. The van der Waals surface area contributed by atoms with Gasteiger partial charge in [-0.2, -0.15) is 5.10 Å². The second kappa shape index (κ2) is 8.67. The van der Waals surface area contributed by atoms with E-state index in [0.717, 1.165) is 32.2 Å². The number of hydrogen-bond donors (Lipinski definition) is 1. The predicted octanol–water partition coefficient (Wildman–Crippen LogP) is 5.44. The van der Waals surface area contributed by atoms with E-state index < -0.39 is 22.4 Å². The Hall–Kier alpha value is -1.74. The maximum Gasteiger partial charge on any atom is 0.227 e. The van der Waals surface area contributed by atoms with Crippen LogP contribution in [-0.4, -0.2) is 57.4 Å². The highest BCUT2D eigenvalue weighted by Crippen LogP contribution is 2.75. The molecule has 5 fully saturated rings. The fraction of sp³-hybridized carbons (Fsp3) is 0.667. The number of allylic oxidation sites excluding steroid dienone is 1. The second-order valence-corrected chi connectivity index (χ2v) is 14.8. The third-order valence-corrected chi connectivity index (χ3v) is 13.4. The lowest BCUT2D eigenvalue weighted by Gasteiger charge is -2.65. The van der Waals surface area contributed by atoms with Gasteiger partial charge in [-0.25, -0.2) is 0 Å². The monoisotopic (exact) mass is 580 g/mol. The smallest absolute Gasteiger partial charge is 0.227 e. The van der Waals surface area contributed by atoms with Crippen LogP contribution in [0.2, 0.25) is 0 Å². The molecule has 220 valence electrons. The van der Waals surface area contributed by atoms with Gasteiger partial charge in [0.05, 0.1) is 29.4 Å². The minimum absolute atomic E-state index is 0.134. The molecule has 3 heterocycles. The van der Waals surface area contributed by atoms with Crippen LogP contribution in [0.25, 0.3) is 6.08 Å². The maximum absolute atomic E-state index is 12.3. The molecule has 8 heteroatoms. The number of benzene rings is 1. The maximum atomic E-state index is 12.3. The summed E-state index contributed by atoms with van der Waals surface area (Å²) in [5.74, 6) is -0.354. The minimum Gasteiger partial charge on any atom is -0.391 e. The Morgan fingerprint density at radius 2 is 1.88 bits per heavy atom. The quantitative estimate of drug-likeness (QED) is 0.477. The SMILES string of the molecule is Cc1ccc(Cn2ncc3c2C=C2CC[C@H]4[C@@H]5C[C@H](C)[C@@]6(OCOC67COCO7)[C@@]5(C)C[C@H](O)[C@]4(Cl)[C@@]2(C)C3)cc1. The number of nitrogens with zero attached hydrogens (tertiary/aromatic N) is 2. The lowest BCUT2D eigenvalue weighted by Crippen LogP contribution is -2.71. The van der Waals surface area contributed by atoms with Gasteiger partial charge in [-0.15, -0.1) is 11.6 Å². The van der Waals surface area contributed by atoms with Crippen LogP contribution in [0, 0.1) is 35.5 Å². The number of aliphatic hydroxyl groups excluding tert-OH is 1. The van der Waals surface area contributed by atoms with Crippen molar-refractivity contribution < 1.29 is 24.1 Å². The lowest BCUT2D eigenvalue weighted by atomic mass is 9.44. The number of rotatable bonds is 2. The lowest BCUT2D eigenvalue weighted by molar-refractivity contribution is -0.264. The summed E-state index contributed by atoms with van der Waals surface area (Å²) >= 11 is 7.94. The Bertz CT molecular complexity index is 1410. The van der Waals surface area contributed by atoms with Gasteiger partial charge in [0.25, 0.3) is 0 Å². The van der Waals surface area contributed by atoms with Crippen molar-refractivity contribution in [2.24, 2.45) is 28.6 Å². The van der Waals surface area contributed by atoms with Crippen LogP contribution in [0.5, 0.6) is 0 Å². The normalized spacial score (nSPS) is 46.3. The topological polar surface area (TPSA) is 75.0 Å². The zero-order chi connectivity index (χ0) is 28.4. The Labute approximate surface area is 247 Å². The number of alkyl halides is 1. The van der Waals surface area contributed by atoms with Crippen LogP contribution in [0.1, 0.15) is 68.8 Å². The van der Waals surface area contributed by atoms with Gasteiger partial charge in [0, 0.05) is 10.8 Å². The number of halogens is 1. The van der Waals surface area contributed by atoms with Crippen molar-refractivity contribution >= 4 is 17.7 Å². The molecule has 1 aromatic carbocycles. The summed E-state index contributed by atoms with van der Waals surface area (Å²) in [6.07, 6.45) is 7.84. The van der Waals surface area contributed by atoms with Crippen molar-refractivity contribution in [1.82, 2.24) is 9.78 Å². The first-order valence-corrected chi connectivity index (χ1v) is 15.6. The molecule has 8 rings (SSSR count). The molecule has 0 amide bonds. The molecule has 2 spiro atoms. The summed E-state index contributed by atoms with van der Waals surface area (Å²) < 4.78 is 26.9. The van der Waals surface area contributed by atoms with Gasteiger partial charge in [0.2, 0.25) is 5.79 Å². The van der Waals surface area contributed by atoms with Gasteiger partial charge in [-0.3, -0.25) is 4.68 Å². The summed E-state index contributed by atoms with van der Waals surface area (Å²) in [5.41, 5.74) is 4.80. The van der Waals surface area contributed by atoms with Crippen LogP contribution in [0.15, 0.2) is 36.0 Å². The fourth-order valence-corrected chi connectivity index (χ4v) is 11.2. The molecule has 7 nitrogen and oxygen atoms in total. The fourth-order valence-electron chi connectivity index (χ4n) is 10.6. The largest absolute Gasteiger partial charge is 0.391 e. The Morgan fingerprint density at radius 3 is 2.63 bits per heavy atom. The number of aryl methyl sites for hydroxylation is 1. The molecule has 0 radical (unpaired) electrons. The van der Waals surface area contributed by atoms with Crippen molar-refractivity contribution in [1.29, 1.82) is 0 Å². The molecule has 2 aliphatic heterocycles. The molecule has 6 aliphatic rings. The number of fused-ring (bicyclic) bond motifs is 8. The van der Waals surface area contributed by atoms with E-state index in [9.17, 15) is 5.11 Å². The summed E-state index contributed by atoms with van der Waals surface area (Å²) in [7, 11) is 0. The molecular formula is C33H41ClN2O5. The van der Waals surface area contributed by atoms with Crippen molar-refractivity contribution in [3.05, 3.63) is 58.4 Å². The van der Waals surface area contributed by atoms with Crippen molar-refractivity contribution in [2.45, 2.75) is 88.7 Å². The summed E-state index contributed by atoms with van der Waals surface area (Å²) in [6, 6.07) is 8.67. The van der Waals surface area contributed by atoms with Crippen LogP contribution in [-0.2, 0) is 31.9 Å². The highest BCUT2D eigenvalue weighted by molar-refractivity contribution is 6.25. The van der Waals surface area contributed by atoms with Gasteiger partial charge in [0.1, 0.15) is 12.2 Å². The zero-order valence-corrected chi connectivity index (χ0v) is 25.2. The molecular weight excluding hydrogens is 540 g/mol. The standard InChI is InChI=1S/C33H41ClN2O5/c1-20-5-7-22(8-6-20)16-36-27-12-24-9-10-25-26-11-21(2)33(31(40-19-41-33)17-38-18-39-31)30(26,4)14-28(37)32(25,34)29(24,3)13-23(27)15-35-36/h5-8,12,15,21,25-26,28,37H,9-11,13-14,16-19H2,1-4H3/t21-,25-,26-,28-,29-,30-,31?,32-,33+/m0/s1. The van der Waals surface area contributed by atoms with Crippen molar-refractivity contribution in [2.75, 3.05) is 20.2 Å². The van der Waals surface area contributed by atoms with Crippen molar-refractivity contribution in [3.63, 3.8) is 0 Å². The molecule has 9 atom stereocenters. The Kier molecular flexibility index (Phi) is 5.68. The first kappa shape index (κ1) is 26.9. The average molecular weight is 581 g/mol. The summed E-state index contributed by atoms with van der Waals surface area (Å²) in [5, 5.41) is 17.1. The molecule has 41 heavy (non-hydrogen) atoms. The van der Waals surface area contributed by atoms with Gasteiger partial charge in [-0.05, 0) is 74.0 Å². The highest BCUT2D eigenvalue weighted by Gasteiger charge is 2.81. The average Bonchev–Trinajstić information content (AvgIpc) is 3.71. The van der Waals surface area contributed by atoms with E-state index in [4.69, 9.17) is 35.6 Å². The molecule has 0 bridgehead atoms. The molecule has 1 unspecified atom stereocenters. The number of hydrogen-bond acceptors (Lipinski definition) is 6. The first-order chi connectivity index (χ1) is 19.6. The van der Waals surface area contributed by atoms with E-state index in [0.29, 0.717) is 13.0 Å². The highest BCUT2D eigenvalue weighted by atomic mass is 35.5. The molecule has 4 aliphatic carbocycles. The summed E-state index contributed by atoms with van der Waals surface area (Å²) in [4.78, 5) is -0.789. The van der Waals surface area contributed by atoms with E-state index in [-0.39, 0.29) is 42.2 Å². The molecule has 1 N–H and O–H groups in total. The van der Waals surface area contributed by atoms with E-state index >= 15 is 0 Å². The zero-order valence-electron chi connectivity index (χ0n) is 24.5.